The van der Waals surface area contributed by atoms with Gasteiger partial charge in [-0.05, 0) is 36.6 Å². The quantitative estimate of drug-likeness (QED) is 0.502. The van der Waals surface area contributed by atoms with E-state index in [9.17, 15) is 4.79 Å². The molecule has 3 aromatic rings. The average Bonchev–Trinajstić information content (AvgIpc) is 2.66. The summed E-state index contributed by atoms with van der Waals surface area (Å²) in [4.78, 5) is 20.4. The van der Waals surface area contributed by atoms with Gasteiger partial charge in [0.25, 0.3) is 0 Å². The summed E-state index contributed by atoms with van der Waals surface area (Å²) < 4.78 is 0. The first kappa shape index (κ1) is 18.2. The molecule has 0 fully saturated rings. The van der Waals surface area contributed by atoms with Gasteiger partial charge in [-0.25, -0.2) is 9.97 Å². The number of aromatic nitrogens is 2. The molecule has 0 aliphatic carbocycles. The van der Waals surface area contributed by atoms with Crippen LogP contribution in [0.4, 0.5) is 23.0 Å². The number of amides is 1. The number of aryl methyl sites for hydroxylation is 2. The number of benzene rings is 2. The van der Waals surface area contributed by atoms with Gasteiger partial charge in [0.15, 0.2) is 11.6 Å². The van der Waals surface area contributed by atoms with Crippen molar-refractivity contribution in [3.05, 3.63) is 71.5 Å². The maximum absolute atomic E-state index is 12.1. The lowest BCUT2D eigenvalue weighted by Gasteiger charge is -2.14. The number of hydrogen-bond donors (Lipinski definition) is 4. The number of carbonyl (C=O) groups is 1. The highest BCUT2D eigenvalue weighted by Crippen LogP contribution is 2.27. The highest BCUT2D eigenvalue weighted by molar-refractivity contribution is 5.82. The first-order valence-electron chi connectivity index (χ1n) is 8.56. The van der Waals surface area contributed by atoms with Gasteiger partial charge in [0, 0.05) is 5.69 Å². The van der Waals surface area contributed by atoms with Crippen LogP contribution in [0.1, 0.15) is 16.7 Å². The molecule has 0 radical (unpaired) electrons. The number of nitrogen functional groups attached to an aromatic ring is 1. The molecular formula is C20H22N6O. The Morgan fingerprint density at radius 2 is 1.78 bits per heavy atom. The Morgan fingerprint density at radius 1 is 1.04 bits per heavy atom. The van der Waals surface area contributed by atoms with E-state index in [1.165, 1.54) is 6.33 Å². The van der Waals surface area contributed by atoms with Crippen molar-refractivity contribution in [3.8, 4) is 0 Å². The fourth-order valence-electron chi connectivity index (χ4n) is 2.55. The summed E-state index contributed by atoms with van der Waals surface area (Å²) in [5, 5.41) is 3.22. The van der Waals surface area contributed by atoms with E-state index in [2.05, 4.69) is 26.1 Å². The first-order chi connectivity index (χ1) is 13.0. The van der Waals surface area contributed by atoms with Crippen LogP contribution in [-0.4, -0.2) is 15.9 Å². The Balaban J connectivity index is 1.67. The molecule has 3 rings (SSSR count). The van der Waals surface area contributed by atoms with Crippen LogP contribution in [0, 0.1) is 13.8 Å². The second-order valence-corrected chi connectivity index (χ2v) is 6.26. The van der Waals surface area contributed by atoms with Gasteiger partial charge in [0.1, 0.15) is 12.0 Å². The van der Waals surface area contributed by atoms with Crippen molar-refractivity contribution in [1.82, 2.24) is 15.4 Å². The van der Waals surface area contributed by atoms with E-state index in [0.29, 0.717) is 17.3 Å². The molecule has 0 bridgehead atoms. The van der Waals surface area contributed by atoms with Crippen molar-refractivity contribution in [2.75, 3.05) is 16.5 Å². The zero-order chi connectivity index (χ0) is 19.2. The molecule has 2 aromatic carbocycles. The summed E-state index contributed by atoms with van der Waals surface area (Å²) in [7, 11) is 0. The van der Waals surface area contributed by atoms with Crippen molar-refractivity contribution in [1.29, 1.82) is 0 Å². The molecule has 1 amide bonds. The van der Waals surface area contributed by atoms with Gasteiger partial charge >= 0.3 is 0 Å². The minimum absolute atomic E-state index is 0.191. The van der Waals surface area contributed by atoms with E-state index in [0.717, 1.165) is 22.4 Å². The molecule has 0 atom stereocenters. The number of hydrazine groups is 1. The van der Waals surface area contributed by atoms with Gasteiger partial charge in [-0.2, -0.15) is 0 Å². The molecule has 0 saturated heterocycles. The molecule has 0 aliphatic heterocycles. The molecule has 1 heterocycles. The summed E-state index contributed by atoms with van der Waals surface area (Å²) in [5.74, 6) is 0.612. The third kappa shape index (κ3) is 4.72. The predicted molar refractivity (Wildman–Crippen MR) is 108 cm³/mol. The van der Waals surface area contributed by atoms with Crippen LogP contribution in [0.2, 0.25) is 0 Å². The Labute approximate surface area is 158 Å². The topological polar surface area (TPSA) is 105 Å². The van der Waals surface area contributed by atoms with E-state index in [4.69, 9.17) is 5.73 Å². The van der Waals surface area contributed by atoms with Gasteiger partial charge in [0.2, 0.25) is 5.91 Å². The monoisotopic (exact) mass is 362 g/mol. The van der Waals surface area contributed by atoms with Crippen LogP contribution in [-0.2, 0) is 11.2 Å². The lowest BCUT2D eigenvalue weighted by Crippen LogP contribution is -2.31. The number of rotatable bonds is 6. The highest BCUT2D eigenvalue weighted by atomic mass is 16.2. The Kier molecular flexibility index (Phi) is 5.51. The molecule has 1 aromatic heterocycles. The third-order valence-electron chi connectivity index (χ3n) is 4.06. The smallest absolute Gasteiger partial charge is 0.242 e. The van der Waals surface area contributed by atoms with E-state index >= 15 is 0 Å². The molecule has 7 heteroatoms. The van der Waals surface area contributed by atoms with Crippen LogP contribution in [0.25, 0.3) is 0 Å². The molecule has 27 heavy (non-hydrogen) atoms. The van der Waals surface area contributed by atoms with Crippen LogP contribution in [0.15, 0.2) is 54.9 Å². The SMILES string of the molecule is Cc1ccc(C)c(Nc2ncnc(NNC(=O)Cc3ccccc3)c2N)c1. The molecule has 0 spiro atoms. The van der Waals surface area contributed by atoms with Crippen LogP contribution < -0.4 is 21.9 Å². The second-order valence-electron chi connectivity index (χ2n) is 6.26. The maximum Gasteiger partial charge on any atom is 0.242 e. The molecule has 5 N–H and O–H groups in total. The third-order valence-corrected chi connectivity index (χ3v) is 4.06. The summed E-state index contributed by atoms with van der Waals surface area (Å²) >= 11 is 0. The molecule has 138 valence electrons. The predicted octanol–water partition coefficient (Wildman–Crippen LogP) is 3.11. The molecule has 0 aliphatic rings. The minimum Gasteiger partial charge on any atom is -0.393 e. The first-order valence-corrected chi connectivity index (χ1v) is 8.56. The summed E-state index contributed by atoms with van der Waals surface area (Å²) in [6.45, 7) is 4.02. The Bertz CT molecular complexity index is 942. The van der Waals surface area contributed by atoms with Crippen molar-refractivity contribution < 1.29 is 4.79 Å². The normalized spacial score (nSPS) is 10.3. The van der Waals surface area contributed by atoms with Gasteiger partial charge < -0.3 is 11.1 Å². The molecule has 0 saturated carbocycles. The van der Waals surface area contributed by atoms with Gasteiger partial charge in [0.05, 0.1) is 6.42 Å². The lowest BCUT2D eigenvalue weighted by molar-refractivity contribution is -0.119. The summed E-state index contributed by atoms with van der Waals surface area (Å²) in [6.07, 6.45) is 1.64. The number of nitrogens with zero attached hydrogens (tertiary/aromatic N) is 2. The Morgan fingerprint density at radius 3 is 2.56 bits per heavy atom. The number of carbonyl (C=O) groups excluding carboxylic acids is 1. The van der Waals surface area contributed by atoms with Crippen LogP contribution >= 0.6 is 0 Å². The fourth-order valence-corrected chi connectivity index (χ4v) is 2.55. The standard InChI is InChI=1S/C20H22N6O/c1-13-8-9-14(2)16(10-13)24-19-18(21)20(23-12-22-19)26-25-17(27)11-15-6-4-3-5-7-15/h3-10,12H,11,21H2,1-2H3,(H,25,27)(H2,22,23,24,26). The number of nitrogens with two attached hydrogens (primary N) is 1. The maximum atomic E-state index is 12.1. The fraction of sp³-hybridized carbons (Fsp3) is 0.150. The zero-order valence-electron chi connectivity index (χ0n) is 15.3. The lowest BCUT2D eigenvalue weighted by atomic mass is 10.1. The van der Waals surface area contributed by atoms with E-state index in [1.807, 2.05) is 62.4 Å². The number of anilines is 4. The molecular weight excluding hydrogens is 340 g/mol. The zero-order valence-corrected chi connectivity index (χ0v) is 15.3. The largest absolute Gasteiger partial charge is 0.393 e. The van der Waals surface area contributed by atoms with E-state index < -0.39 is 0 Å². The summed E-state index contributed by atoms with van der Waals surface area (Å²) in [5.41, 5.74) is 15.9. The van der Waals surface area contributed by atoms with E-state index in [-0.39, 0.29) is 12.3 Å². The van der Waals surface area contributed by atoms with Gasteiger partial charge in [-0.15, -0.1) is 0 Å². The molecule has 0 unspecified atom stereocenters. The summed E-state index contributed by atoms with van der Waals surface area (Å²) in [6, 6.07) is 15.6. The van der Waals surface area contributed by atoms with Gasteiger partial charge in [-0.3, -0.25) is 15.6 Å². The minimum atomic E-state index is -0.191. The van der Waals surface area contributed by atoms with Crippen molar-refractivity contribution >= 4 is 28.9 Å². The van der Waals surface area contributed by atoms with Crippen molar-refractivity contribution in [3.63, 3.8) is 0 Å². The second kappa shape index (κ2) is 8.18. The average molecular weight is 362 g/mol. The number of hydrogen-bond acceptors (Lipinski definition) is 6. The highest BCUT2D eigenvalue weighted by Gasteiger charge is 2.11. The van der Waals surface area contributed by atoms with Crippen molar-refractivity contribution in [2.24, 2.45) is 0 Å². The number of nitrogens with one attached hydrogen (secondary N) is 3. The van der Waals surface area contributed by atoms with Gasteiger partial charge in [-0.1, -0.05) is 42.5 Å². The molecule has 7 nitrogen and oxygen atoms in total. The van der Waals surface area contributed by atoms with Crippen LogP contribution in [0.5, 0.6) is 0 Å². The Hall–Kier alpha value is -3.61. The van der Waals surface area contributed by atoms with Crippen molar-refractivity contribution in [2.45, 2.75) is 20.3 Å². The van der Waals surface area contributed by atoms with E-state index in [1.54, 1.807) is 0 Å². The van der Waals surface area contributed by atoms with Crippen LogP contribution in [0.3, 0.4) is 0 Å².